The molecule has 2 rings (SSSR count). The number of sulfone groups is 1. The van der Waals surface area contributed by atoms with Crippen LogP contribution in [0, 0.1) is 6.92 Å². The van der Waals surface area contributed by atoms with Crippen LogP contribution in [-0.4, -0.2) is 31.8 Å². The van der Waals surface area contributed by atoms with Gasteiger partial charge in [0.15, 0.2) is 9.84 Å². The lowest BCUT2D eigenvalue weighted by Crippen LogP contribution is -2.29. The van der Waals surface area contributed by atoms with E-state index in [1.807, 2.05) is 6.92 Å². The molecule has 0 aliphatic carbocycles. The Kier molecular flexibility index (Phi) is 5.38. The van der Waals surface area contributed by atoms with Crippen LogP contribution < -0.4 is 0 Å². The van der Waals surface area contributed by atoms with Gasteiger partial charge >= 0.3 is 5.97 Å². The molecule has 0 spiro atoms. The van der Waals surface area contributed by atoms with Crippen molar-refractivity contribution in [3.05, 3.63) is 54.8 Å². The second-order valence-electron chi connectivity index (χ2n) is 5.45. The van der Waals surface area contributed by atoms with Gasteiger partial charge in [0.1, 0.15) is 0 Å². The SMILES string of the molecule is C=C[C@H]1C[C@@H](S(=O)(=O)c2ccc(C)cc2)[C@@H](/C=C\OC(C)=O)O1. The Bertz CT molecular complexity index is 703. The van der Waals surface area contributed by atoms with Crippen LogP contribution in [0.1, 0.15) is 18.9 Å². The van der Waals surface area contributed by atoms with Crippen LogP contribution in [0.4, 0.5) is 0 Å². The summed E-state index contributed by atoms with van der Waals surface area (Å²) in [5.74, 6) is -0.475. The molecule has 0 unspecified atom stereocenters. The molecule has 1 saturated heterocycles. The van der Waals surface area contributed by atoms with Crippen LogP contribution in [0.25, 0.3) is 0 Å². The predicted octanol–water partition coefficient (Wildman–Crippen LogP) is 2.56. The lowest BCUT2D eigenvalue weighted by molar-refractivity contribution is -0.135. The number of carbonyl (C=O) groups is 1. The van der Waals surface area contributed by atoms with Crippen molar-refractivity contribution in [2.45, 2.75) is 42.6 Å². The minimum Gasteiger partial charge on any atom is -0.435 e. The maximum Gasteiger partial charge on any atom is 0.307 e. The van der Waals surface area contributed by atoms with Gasteiger partial charge < -0.3 is 9.47 Å². The zero-order valence-electron chi connectivity index (χ0n) is 13.1. The number of benzene rings is 1. The van der Waals surface area contributed by atoms with E-state index in [1.54, 1.807) is 30.3 Å². The van der Waals surface area contributed by atoms with Gasteiger partial charge in [-0.2, -0.15) is 0 Å². The average molecular weight is 336 g/mol. The number of rotatable bonds is 5. The number of aryl methyl sites for hydroxylation is 1. The minimum atomic E-state index is -3.56. The highest BCUT2D eigenvalue weighted by Gasteiger charge is 2.42. The molecule has 0 aromatic heterocycles. The third-order valence-electron chi connectivity index (χ3n) is 3.68. The molecule has 1 fully saturated rings. The van der Waals surface area contributed by atoms with Gasteiger partial charge in [-0.1, -0.05) is 23.8 Å². The highest BCUT2D eigenvalue weighted by Crippen LogP contribution is 2.32. The van der Waals surface area contributed by atoms with Crippen LogP contribution in [0.2, 0.25) is 0 Å². The lowest BCUT2D eigenvalue weighted by atomic mass is 10.2. The van der Waals surface area contributed by atoms with Crippen molar-refractivity contribution in [1.29, 1.82) is 0 Å². The highest BCUT2D eigenvalue weighted by atomic mass is 32.2. The summed E-state index contributed by atoms with van der Waals surface area (Å²) in [5, 5.41) is -0.750. The smallest absolute Gasteiger partial charge is 0.307 e. The lowest BCUT2D eigenvalue weighted by Gasteiger charge is -2.16. The van der Waals surface area contributed by atoms with Gasteiger partial charge in [0.2, 0.25) is 0 Å². The van der Waals surface area contributed by atoms with E-state index in [-0.39, 0.29) is 11.0 Å². The van der Waals surface area contributed by atoms with Crippen LogP contribution in [0.3, 0.4) is 0 Å². The maximum atomic E-state index is 12.9. The summed E-state index contributed by atoms with van der Waals surface area (Å²) in [4.78, 5) is 11.1. The van der Waals surface area contributed by atoms with Gasteiger partial charge in [-0.05, 0) is 31.6 Å². The zero-order chi connectivity index (χ0) is 17.0. The Hall–Kier alpha value is -1.92. The van der Waals surface area contributed by atoms with Gasteiger partial charge in [-0.25, -0.2) is 8.42 Å². The molecule has 0 N–H and O–H groups in total. The van der Waals surface area contributed by atoms with E-state index in [9.17, 15) is 13.2 Å². The maximum absolute atomic E-state index is 12.9. The molecule has 0 saturated carbocycles. The molecule has 1 aliphatic rings. The molecule has 0 radical (unpaired) electrons. The zero-order valence-corrected chi connectivity index (χ0v) is 14.0. The van der Waals surface area contributed by atoms with Crippen molar-refractivity contribution in [2.24, 2.45) is 0 Å². The fraction of sp³-hybridized carbons (Fsp3) is 0.353. The Balaban J connectivity index is 2.29. The molecule has 1 aromatic carbocycles. The van der Waals surface area contributed by atoms with Crippen molar-refractivity contribution in [3.63, 3.8) is 0 Å². The van der Waals surface area contributed by atoms with Crippen LogP contribution in [-0.2, 0) is 24.1 Å². The summed E-state index contributed by atoms with van der Waals surface area (Å²) in [5.41, 5.74) is 0.988. The standard InChI is InChI=1S/C17H20O5S/c1-4-14-11-17(16(22-14)9-10-21-13(3)18)23(19,20)15-7-5-12(2)6-8-15/h4-10,14,16-17H,1,11H2,2-3H3/b10-9-/t14-,16+,17+/m0/s1. The number of hydrogen-bond donors (Lipinski definition) is 0. The second kappa shape index (κ2) is 7.10. The molecule has 124 valence electrons. The quantitative estimate of drug-likeness (QED) is 0.469. The Labute approximate surface area is 136 Å². The van der Waals surface area contributed by atoms with Crippen LogP contribution in [0.5, 0.6) is 0 Å². The molecule has 0 bridgehead atoms. The van der Waals surface area contributed by atoms with Crippen molar-refractivity contribution in [2.75, 3.05) is 0 Å². The number of ether oxygens (including phenoxy) is 2. The molecule has 1 aromatic rings. The van der Waals surface area contributed by atoms with E-state index in [1.165, 1.54) is 19.3 Å². The average Bonchev–Trinajstić information content (AvgIpc) is 2.91. The fourth-order valence-electron chi connectivity index (χ4n) is 2.45. The summed E-state index contributed by atoms with van der Waals surface area (Å²) < 4.78 is 36.1. The first kappa shape index (κ1) is 17.4. The van der Waals surface area contributed by atoms with E-state index in [0.29, 0.717) is 6.42 Å². The van der Waals surface area contributed by atoms with Crippen LogP contribution in [0.15, 0.2) is 54.2 Å². The van der Waals surface area contributed by atoms with Crippen molar-refractivity contribution in [1.82, 2.24) is 0 Å². The van der Waals surface area contributed by atoms with E-state index < -0.39 is 27.2 Å². The largest absolute Gasteiger partial charge is 0.435 e. The second-order valence-corrected chi connectivity index (χ2v) is 7.61. The van der Waals surface area contributed by atoms with Crippen molar-refractivity contribution < 1.29 is 22.7 Å². The molecular weight excluding hydrogens is 316 g/mol. The van der Waals surface area contributed by atoms with Gasteiger partial charge in [0, 0.05) is 6.92 Å². The van der Waals surface area contributed by atoms with E-state index in [4.69, 9.17) is 9.47 Å². The number of carbonyl (C=O) groups excluding carboxylic acids is 1. The Morgan fingerprint density at radius 1 is 1.35 bits per heavy atom. The normalized spacial score (nSPS) is 24.7. The third-order valence-corrected chi connectivity index (χ3v) is 5.86. The fourth-order valence-corrected chi connectivity index (χ4v) is 4.26. The molecule has 5 nitrogen and oxygen atoms in total. The minimum absolute atomic E-state index is 0.257. The Morgan fingerprint density at radius 2 is 2.00 bits per heavy atom. The van der Waals surface area contributed by atoms with Gasteiger partial charge in [-0.3, -0.25) is 4.79 Å². The van der Waals surface area contributed by atoms with Crippen molar-refractivity contribution >= 4 is 15.8 Å². The predicted molar refractivity (Wildman–Crippen MR) is 86.5 cm³/mol. The molecule has 1 heterocycles. The monoisotopic (exact) mass is 336 g/mol. The molecular formula is C17H20O5S. The van der Waals surface area contributed by atoms with E-state index >= 15 is 0 Å². The van der Waals surface area contributed by atoms with Crippen molar-refractivity contribution in [3.8, 4) is 0 Å². The topological polar surface area (TPSA) is 69.7 Å². The van der Waals surface area contributed by atoms with E-state index in [0.717, 1.165) is 5.56 Å². The van der Waals surface area contributed by atoms with Crippen LogP contribution >= 0.6 is 0 Å². The first-order valence-electron chi connectivity index (χ1n) is 7.27. The van der Waals surface area contributed by atoms with Gasteiger partial charge in [-0.15, -0.1) is 6.58 Å². The van der Waals surface area contributed by atoms with E-state index in [2.05, 4.69) is 6.58 Å². The molecule has 3 atom stereocenters. The first-order valence-corrected chi connectivity index (χ1v) is 8.81. The first-order chi connectivity index (χ1) is 10.8. The summed E-state index contributed by atoms with van der Waals surface area (Å²) >= 11 is 0. The summed E-state index contributed by atoms with van der Waals surface area (Å²) in [6.45, 7) is 6.82. The highest BCUT2D eigenvalue weighted by molar-refractivity contribution is 7.92. The Morgan fingerprint density at radius 3 is 2.57 bits per heavy atom. The molecule has 0 amide bonds. The van der Waals surface area contributed by atoms with Gasteiger partial charge in [0.05, 0.1) is 28.6 Å². The molecule has 6 heteroatoms. The van der Waals surface area contributed by atoms with Gasteiger partial charge in [0.25, 0.3) is 0 Å². The molecule has 1 aliphatic heterocycles. The molecule has 23 heavy (non-hydrogen) atoms. The summed E-state index contributed by atoms with van der Waals surface area (Å²) in [6, 6.07) is 6.71. The number of hydrogen-bond acceptors (Lipinski definition) is 5. The third kappa shape index (κ3) is 4.09. The summed E-state index contributed by atoms with van der Waals surface area (Å²) in [7, 11) is -3.56. The number of esters is 1. The summed E-state index contributed by atoms with van der Waals surface area (Å²) in [6.07, 6.45) is 3.49.